The average Bonchev–Trinajstić information content (AvgIpc) is 2.91. The molecule has 0 radical (unpaired) electrons. The van der Waals surface area contributed by atoms with Gasteiger partial charge in [-0.1, -0.05) is 0 Å². The lowest BCUT2D eigenvalue weighted by molar-refractivity contribution is 0.0240. The van der Waals surface area contributed by atoms with E-state index in [-0.39, 0.29) is 6.09 Å². The van der Waals surface area contributed by atoms with Crippen LogP contribution in [0.25, 0.3) is 0 Å². The number of amides is 1. The van der Waals surface area contributed by atoms with E-state index in [4.69, 9.17) is 4.74 Å². The van der Waals surface area contributed by atoms with Crippen molar-refractivity contribution in [3.63, 3.8) is 0 Å². The van der Waals surface area contributed by atoms with Crippen LogP contribution >= 0.6 is 0 Å². The third-order valence-electron chi connectivity index (χ3n) is 4.47. The highest BCUT2D eigenvalue weighted by molar-refractivity contribution is 5.69. The Hall–Kier alpha value is -1.66. The van der Waals surface area contributed by atoms with E-state index >= 15 is 0 Å². The van der Waals surface area contributed by atoms with Crippen LogP contribution in [-0.2, 0) is 24.4 Å². The molecular weight excluding hydrogens is 304 g/mol. The number of rotatable bonds is 2. The van der Waals surface area contributed by atoms with Crippen molar-refractivity contribution in [1.29, 1.82) is 0 Å². The number of carbonyl (C=O) groups excluding carboxylic acids is 1. The predicted octanol–water partition coefficient (Wildman–Crippen LogP) is 2.08. The fraction of sp³-hybridized carbons (Fsp3) is 0.667. The summed E-state index contributed by atoms with van der Waals surface area (Å²) in [6.45, 7) is 12.2. The molecule has 1 fully saturated rings. The third kappa shape index (κ3) is 4.24. The summed E-state index contributed by atoms with van der Waals surface area (Å²) in [5, 5.41) is 0. The van der Waals surface area contributed by atoms with Gasteiger partial charge in [-0.25, -0.2) is 4.79 Å². The van der Waals surface area contributed by atoms with Gasteiger partial charge in [-0.2, -0.15) is 0 Å². The molecule has 0 bridgehead atoms. The van der Waals surface area contributed by atoms with Crippen LogP contribution in [0.1, 0.15) is 37.6 Å². The second kappa shape index (κ2) is 6.69. The maximum Gasteiger partial charge on any atom is 0.410 e. The number of hydrogen-bond donors (Lipinski definition) is 0. The Bertz CT molecular complexity index is 604. The van der Waals surface area contributed by atoms with Gasteiger partial charge in [0.15, 0.2) is 0 Å². The quantitative estimate of drug-likeness (QED) is 0.830. The normalized spacial score (nSPS) is 19.4. The Kier molecular flexibility index (Phi) is 4.78. The number of carbonyl (C=O) groups is 1. The molecule has 2 aliphatic rings. The van der Waals surface area contributed by atoms with E-state index in [9.17, 15) is 4.79 Å². The van der Waals surface area contributed by atoms with E-state index in [0.717, 1.165) is 44.0 Å². The number of pyridine rings is 1. The first kappa shape index (κ1) is 17.2. The fourth-order valence-electron chi connectivity index (χ4n) is 3.12. The van der Waals surface area contributed by atoms with E-state index in [2.05, 4.69) is 27.9 Å². The molecule has 0 aromatic carbocycles. The average molecular weight is 332 g/mol. The first-order valence-corrected chi connectivity index (χ1v) is 8.66. The van der Waals surface area contributed by atoms with Gasteiger partial charge in [0.1, 0.15) is 5.60 Å². The van der Waals surface area contributed by atoms with Gasteiger partial charge in [0.2, 0.25) is 0 Å². The Morgan fingerprint density at radius 2 is 1.92 bits per heavy atom. The summed E-state index contributed by atoms with van der Waals surface area (Å²) in [7, 11) is 2.17. The van der Waals surface area contributed by atoms with Crippen LogP contribution in [0.15, 0.2) is 12.3 Å². The fourth-order valence-corrected chi connectivity index (χ4v) is 3.12. The highest BCUT2D eigenvalue weighted by Gasteiger charge is 2.28. The van der Waals surface area contributed by atoms with Gasteiger partial charge in [-0.3, -0.25) is 14.8 Å². The molecular formula is C18H28N4O2. The first-order valence-electron chi connectivity index (χ1n) is 8.66. The highest BCUT2D eigenvalue weighted by Crippen LogP contribution is 2.24. The van der Waals surface area contributed by atoms with Crippen LogP contribution in [0, 0.1) is 0 Å². The van der Waals surface area contributed by atoms with Crippen LogP contribution in [0.3, 0.4) is 0 Å². The monoisotopic (exact) mass is 332 g/mol. The topological polar surface area (TPSA) is 48.9 Å². The molecule has 1 aromatic heterocycles. The van der Waals surface area contributed by atoms with Crippen LogP contribution in [0.2, 0.25) is 0 Å². The van der Waals surface area contributed by atoms with E-state index in [0.29, 0.717) is 13.1 Å². The minimum Gasteiger partial charge on any atom is -0.444 e. The van der Waals surface area contributed by atoms with E-state index < -0.39 is 5.60 Å². The molecule has 6 heteroatoms. The number of nitrogens with zero attached hydrogens (tertiary/aromatic N) is 4. The van der Waals surface area contributed by atoms with E-state index in [1.165, 1.54) is 5.56 Å². The number of piperazine rings is 1. The van der Waals surface area contributed by atoms with Gasteiger partial charge < -0.3 is 9.64 Å². The van der Waals surface area contributed by atoms with Crippen molar-refractivity contribution in [2.24, 2.45) is 0 Å². The number of aromatic nitrogens is 1. The molecule has 3 heterocycles. The number of ether oxygens (including phenoxy) is 1. The maximum absolute atomic E-state index is 12.2. The van der Waals surface area contributed by atoms with Crippen LogP contribution in [-0.4, -0.2) is 64.6 Å². The molecule has 2 aliphatic heterocycles. The predicted molar refractivity (Wildman–Crippen MR) is 92.5 cm³/mol. The maximum atomic E-state index is 12.2. The summed E-state index contributed by atoms with van der Waals surface area (Å²) in [4.78, 5) is 23.4. The molecule has 1 saturated heterocycles. The van der Waals surface area contributed by atoms with Gasteiger partial charge in [-0.15, -0.1) is 0 Å². The molecule has 0 spiro atoms. The van der Waals surface area contributed by atoms with E-state index in [1.807, 2.05) is 27.0 Å². The molecule has 1 aromatic rings. The molecule has 3 rings (SSSR count). The zero-order chi connectivity index (χ0) is 17.3. The van der Waals surface area contributed by atoms with Gasteiger partial charge in [0.05, 0.1) is 18.8 Å². The SMILES string of the molecule is CN1CCN(Cc2cnc3c(c2)CN(C(=O)OC(C)(C)C)C3)CC1. The molecule has 6 nitrogen and oxygen atoms in total. The Labute approximate surface area is 144 Å². The van der Waals surface area contributed by atoms with Gasteiger partial charge in [0.25, 0.3) is 0 Å². The minimum atomic E-state index is -0.466. The standard InChI is InChI=1S/C18H28N4O2/c1-18(2,3)24-17(23)22-12-15-9-14(10-19-16(15)13-22)11-21-7-5-20(4)6-8-21/h9-10H,5-8,11-13H2,1-4H3. The number of likely N-dealkylation sites (N-methyl/N-ethyl adjacent to an activating group) is 1. The van der Waals surface area contributed by atoms with Crippen molar-refractivity contribution in [1.82, 2.24) is 19.7 Å². The van der Waals surface area contributed by atoms with Gasteiger partial charge in [-0.05, 0) is 45.0 Å². The van der Waals surface area contributed by atoms with E-state index in [1.54, 1.807) is 4.90 Å². The van der Waals surface area contributed by atoms with Crippen LogP contribution in [0.5, 0.6) is 0 Å². The summed E-state index contributed by atoms with van der Waals surface area (Å²) in [6.07, 6.45) is 1.69. The molecule has 0 unspecified atom stereocenters. The molecule has 0 saturated carbocycles. The second-order valence-electron chi connectivity index (χ2n) is 7.87. The van der Waals surface area contributed by atoms with Crippen molar-refractivity contribution in [3.05, 3.63) is 29.1 Å². The van der Waals surface area contributed by atoms with Crippen molar-refractivity contribution < 1.29 is 9.53 Å². The lowest BCUT2D eigenvalue weighted by Crippen LogP contribution is -2.43. The summed E-state index contributed by atoms with van der Waals surface area (Å²) >= 11 is 0. The molecule has 0 aliphatic carbocycles. The van der Waals surface area contributed by atoms with Crippen LogP contribution in [0.4, 0.5) is 4.79 Å². The zero-order valence-electron chi connectivity index (χ0n) is 15.2. The first-order chi connectivity index (χ1) is 11.3. The second-order valence-corrected chi connectivity index (χ2v) is 7.87. The molecule has 24 heavy (non-hydrogen) atoms. The van der Waals surface area contributed by atoms with Crippen molar-refractivity contribution in [2.75, 3.05) is 33.2 Å². The lowest BCUT2D eigenvalue weighted by Gasteiger charge is -2.32. The largest absolute Gasteiger partial charge is 0.444 e. The molecule has 1 amide bonds. The summed E-state index contributed by atoms with van der Waals surface area (Å²) in [6, 6.07) is 2.20. The zero-order valence-corrected chi connectivity index (χ0v) is 15.2. The highest BCUT2D eigenvalue weighted by atomic mass is 16.6. The number of fused-ring (bicyclic) bond motifs is 1. The van der Waals surface area contributed by atoms with Crippen molar-refractivity contribution in [2.45, 2.75) is 46.0 Å². The Balaban J connectivity index is 1.60. The smallest absolute Gasteiger partial charge is 0.410 e. The molecule has 0 N–H and O–H groups in total. The van der Waals surface area contributed by atoms with Crippen LogP contribution < -0.4 is 0 Å². The Morgan fingerprint density at radius 1 is 1.21 bits per heavy atom. The van der Waals surface area contributed by atoms with Crippen molar-refractivity contribution >= 4 is 6.09 Å². The van der Waals surface area contributed by atoms with Crippen molar-refractivity contribution in [3.8, 4) is 0 Å². The summed E-state index contributed by atoms with van der Waals surface area (Å²) < 4.78 is 5.46. The Morgan fingerprint density at radius 3 is 2.58 bits per heavy atom. The molecule has 132 valence electrons. The third-order valence-corrected chi connectivity index (χ3v) is 4.47. The summed E-state index contributed by atoms with van der Waals surface area (Å²) in [5.74, 6) is 0. The van der Waals surface area contributed by atoms with Gasteiger partial charge >= 0.3 is 6.09 Å². The minimum absolute atomic E-state index is 0.263. The summed E-state index contributed by atoms with van der Waals surface area (Å²) in [5.41, 5.74) is 2.89. The lowest BCUT2D eigenvalue weighted by atomic mass is 10.1. The molecule has 0 atom stereocenters. The van der Waals surface area contributed by atoms with Gasteiger partial charge in [0, 0.05) is 38.9 Å². The number of hydrogen-bond acceptors (Lipinski definition) is 5.